The van der Waals surface area contributed by atoms with Crippen molar-refractivity contribution in [1.29, 1.82) is 5.26 Å². The Morgan fingerprint density at radius 2 is 2.10 bits per heavy atom. The predicted molar refractivity (Wildman–Crippen MR) is 76.6 cm³/mol. The third-order valence-corrected chi connectivity index (χ3v) is 3.23. The van der Waals surface area contributed by atoms with Gasteiger partial charge in [0.25, 0.3) is 0 Å². The van der Waals surface area contributed by atoms with Crippen molar-refractivity contribution in [3.05, 3.63) is 59.4 Å². The van der Waals surface area contributed by atoms with E-state index < -0.39 is 0 Å². The molecule has 0 bridgehead atoms. The van der Waals surface area contributed by atoms with Gasteiger partial charge in [-0.3, -0.25) is 0 Å². The molecule has 0 aliphatic heterocycles. The minimum atomic E-state index is 0.355. The molecule has 0 amide bonds. The summed E-state index contributed by atoms with van der Waals surface area (Å²) in [5.41, 5.74) is 3.50. The van der Waals surface area contributed by atoms with E-state index >= 15 is 0 Å². The van der Waals surface area contributed by atoms with Crippen LogP contribution in [0.2, 0.25) is 0 Å². The van der Waals surface area contributed by atoms with Crippen LogP contribution in [-0.2, 0) is 6.42 Å². The van der Waals surface area contributed by atoms with Crippen LogP contribution in [0.15, 0.2) is 42.6 Å². The van der Waals surface area contributed by atoms with Crippen molar-refractivity contribution in [2.45, 2.75) is 6.42 Å². The van der Waals surface area contributed by atoms with E-state index in [0.29, 0.717) is 11.4 Å². The van der Waals surface area contributed by atoms with E-state index in [1.54, 1.807) is 6.20 Å². The van der Waals surface area contributed by atoms with Gasteiger partial charge >= 0.3 is 0 Å². The van der Waals surface area contributed by atoms with Crippen molar-refractivity contribution < 1.29 is 4.74 Å². The molecule has 3 aromatic rings. The molecule has 0 radical (unpaired) electrons. The smallest absolute Gasteiger partial charge is 0.233 e. The quantitative estimate of drug-likeness (QED) is 0.790. The molecule has 98 valence electrons. The van der Waals surface area contributed by atoms with Crippen molar-refractivity contribution in [1.82, 2.24) is 9.97 Å². The van der Waals surface area contributed by atoms with Gasteiger partial charge in [-0.05, 0) is 11.6 Å². The molecular weight excluding hydrogens is 250 g/mol. The molecule has 0 fully saturated rings. The Balaban J connectivity index is 2.05. The molecule has 4 nitrogen and oxygen atoms in total. The van der Waals surface area contributed by atoms with Crippen LogP contribution < -0.4 is 4.74 Å². The van der Waals surface area contributed by atoms with Crippen LogP contribution in [0.25, 0.3) is 10.9 Å². The fraction of sp³-hybridized carbons (Fsp3) is 0.125. The van der Waals surface area contributed by atoms with Gasteiger partial charge in [0.1, 0.15) is 11.6 Å². The minimum absolute atomic E-state index is 0.355. The van der Waals surface area contributed by atoms with Gasteiger partial charge in [-0.15, -0.1) is 0 Å². The molecular formula is C16H13N3O. The van der Waals surface area contributed by atoms with Gasteiger partial charge in [0, 0.05) is 23.7 Å². The number of aromatic nitrogens is 2. The summed E-state index contributed by atoms with van der Waals surface area (Å²) in [6, 6.07) is 14.4. The zero-order valence-electron chi connectivity index (χ0n) is 11.1. The van der Waals surface area contributed by atoms with E-state index in [1.165, 1.54) is 12.7 Å². The second-order valence-corrected chi connectivity index (χ2v) is 4.54. The first kappa shape index (κ1) is 12.2. The Labute approximate surface area is 116 Å². The number of benzene rings is 1. The first-order valence-corrected chi connectivity index (χ1v) is 6.30. The molecule has 2 aromatic heterocycles. The summed E-state index contributed by atoms with van der Waals surface area (Å²) in [6.45, 7) is 0. The molecule has 1 N–H and O–H groups in total. The van der Waals surface area contributed by atoms with Crippen molar-refractivity contribution in [2.75, 3.05) is 7.11 Å². The second kappa shape index (κ2) is 5.06. The maximum Gasteiger partial charge on any atom is 0.233 e. The van der Waals surface area contributed by atoms with Gasteiger partial charge < -0.3 is 9.72 Å². The average molecular weight is 263 g/mol. The van der Waals surface area contributed by atoms with Crippen LogP contribution in [0.3, 0.4) is 0 Å². The number of fused-ring (bicyclic) bond motifs is 1. The average Bonchev–Trinajstić information content (AvgIpc) is 2.89. The summed E-state index contributed by atoms with van der Waals surface area (Å²) in [6.07, 6.45) is 2.52. The minimum Gasteiger partial charge on any atom is -0.480 e. The number of hydrogen-bond acceptors (Lipinski definition) is 3. The van der Waals surface area contributed by atoms with E-state index in [9.17, 15) is 5.26 Å². The molecule has 0 aliphatic rings. The van der Waals surface area contributed by atoms with E-state index in [2.05, 4.69) is 28.2 Å². The number of nitriles is 1. The molecule has 20 heavy (non-hydrogen) atoms. The van der Waals surface area contributed by atoms with E-state index in [4.69, 9.17) is 4.74 Å². The Morgan fingerprint density at radius 3 is 2.80 bits per heavy atom. The highest BCUT2D eigenvalue weighted by Crippen LogP contribution is 2.25. The first-order chi connectivity index (χ1) is 9.81. The van der Waals surface area contributed by atoms with E-state index in [1.807, 2.05) is 24.3 Å². The summed E-state index contributed by atoms with van der Waals surface area (Å²) < 4.78 is 5.12. The van der Waals surface area contributed by atoms with Gasteiger partial charge in [-0.2, -0.15) is 5.26 Å². The van der Waals surface area contributed by atoms with Crippen LogP contribution >= 0.6 is 0 Å². The van der Waals surface area contributed by atoms with Crippen LogP contribution in [-0.4, -0.2) is 17.1 Å². The molecule has 4 heteroatoms. The Bertz CT molecular complexity index is 785. The van der Waals surface area contributed by atoms with E-state index in [-0.39, 0.29) is 0 Å². The molecule has 0 saturated heterocycles. The highest BCUT2D eigenvalue weighted by molar-refractivity contribution is 5.86. The van der Waals surface area contributed by atoms with Gasteiger partial charge in [0.05, 0.1) is 12.6 Å². The molecule has 3 rings (SSSR count). The van der Waals surface area contributed by atoms with Crippen LogP contribution in [0.1, 0.15) is 16.8 Å². The number of rotatable bonds is 3. The largest absolute Gasteiger partial charge is 0.480 e. The summed E-state index contributed by atoms with van der Waals surface area (Å²) in [7, 11) is 1.52. The number of aromatic amines is 1. The van der Waals surface area contributed by atoms with Crippen molar-refractivity contribution >= 4 is 10.9 Å². The lowest BCUT2D eigenvalue weighted by molar-refractivity contribution is 0.397. The second-order valence-electron chi connectivity index (χ2n) is 4.54. The summed E-state index contributed by atoms with van der Waals surface area (Å²) in [5, 5.41) is 10.2. The lowest BCUT2D eigenvalue weighted by atomic mass is 10.1. The standard InChI is InChI=1S/C16H13N3O/c1-20-16-14(9-17)15-12(10-18-16)8-13(19-15)7-11-5-3-2-4-6-11/h2-6,8,10,19H,7H2,1H3. The molecule has 2 heterocycles. The van der Waals surface area contributed by atoms with E-state index in [0.717, 1.165) is 23.0 Å². The SMILES string of the molecule is COc1ncc2cc(Cc3ccccc3)[nH]c2c1C#N. The number of H-pyrrole nitrogens is 1. The number of nitrogens with one attached hydrogen (secondary N) is 1. The summed E-state index contributed by atoms with van der Waals surface area (Å²) in [5.74, 6) is 0.355. The lowest BCUT2D eigenvalue weighted by Gasteiger charge is -2.01. The maximum absolute atomic E-state index is 9.26. The molecule has 0 aliphatic carbocycles. The number of nitrogens with zero attached hydrogens (tertiary/aromatic N) is 2. The summed E-state index contributed by atoms with van der Waals surface area (Å²) >= 11 is 0. The van der Waals surface area contributed by atoms with Gasteiger partial charge in [-0.1, -0.05) is 30.3 Å². The highest BCUT2D eigenvalue weighted by Gasteiger charge is 2.12. The van der Waals surface area contributed by atoms with Gasteiger partial charge in [-0.25, -0.2) is 4.98 Å². The maximum atomic E-state index is 9.26. The Kier molecular flexibility index (Phi) is 3.10. The van der Waals surface area contributed by atoms with Crippen LogP contribution in [0, 0.1) is 11.3 Å². The molecule has 0 atom stereocenters. The Hall–Kier alpha value is -2.80. The molecule has 0 unspecified atom stereocenters. The molecule has 0 spiro atoms. The van der Waals surface area contributed by atoms with Crippen molar-refractivity contribution in [2.24, 2.45) is 0 Å². The zero-order chi connectivity index (χ0) is 13.9. The first-order valence-electron chi connectivity index (χ1n) is 6.30. The third-order valence-electron chi connectivity index (χ3n) is 3.23. The lowest BCUT2D eigenvalue weighted by Crippen LogP contribution is -1.92. The topological polar surface area (TPSA) is 61.7 Å². The number of hydrogen-bond donors (Lipinski definition) is 1. The van der Waals surface area contributed by atoms with Crippen LogP contribution in [0.5, 0.6) is 5.88 Å². The van der Waals surface area contributed by atoms with Crippen LogP contribution in [0.4, 0.5) is 0 Å². The number of ether oxygens (including phenoxy) is 1. The number of pyridine rings is 1. The normalized spacial score (nSPS) is 10.4. The molecule has 0 saturated carbocycles. The summed E-state index contributed by atoms with van der Waals surface area (Å²) in [4.78, 5) is 7.45. The zero-order valence-corrected chi connectivity index (χ0v) is 11.1. The number of methoxy groups -OCH3 is 1. The predicted octanol–water partition coefficient (Wildman–Crippen LogP) is 3.03. The van der Waals surface area contributed by atoms with Crippen molar-refractivity contribution in [3.8, 4) is 11.9 Å². The third kappa shape index (κ3) is 2.10. The van der Waals surface area contributed by atoms with Crippen molar-refractivity contribution in [3.63, 3.8) is 0 Å². The van der Waals surface area contributed by atoms with Gasteiger partial charge in [0.15, 0.2) is 0 Å². The highest BCUT2D eigenvalue weighted by atomic mass is 16.5. The monoisotopic (exact) mass is 263 g/mol. The molecule has 1 aromatic carbocycles. The Morgan fingerprint density at radius 1 is 1.30 bits per heavy atom. The fourth-order valence-corrected chi connectivity index (χ4v) is 2.31. The fourth-order valence-electron chi connectivity index (χ4n) is 2.31. The van der Waals surface area contributed by atoms with Gasteiger partial charge in [0.2, 0.25) is 5.88 Å².